The fourth-order valence-electron chi connectivity index (χ4n) is 2.19. The van der Waals surface area contributed by atoms with Crippen LogP contribution in [0.5, 0.6) is 0 Å². The molecule has 1 aromatic carbocycles. The lowest BCUT2D eigenvalue weighted by Crippen LogP contribution is -2.40. The molecule has 0 atom stereocenters. The first kappa shape index (κ1) is 13.9. The van der Waals surface area contributed by atoms with Crippen LogP contribution in [0.2, 0.25) is 0 Å². The molecule has 0 radical (unpaired) electrons. The van der Waals surface area contributed by atoms with Crippen molar-refractivity contribution in [3.8, 4) is 0 Å². The van der Waals surface area contributed by atoms with E-state index in [-0.39, 0.29) is 0 Å². The molecule has 0 spiro atoms. The first-order valence-electron chi connectivity index (χ1n) is 6.70. The van der Waals surface area contributed by atoms with E-state index in [0.29, 0.717) is 12.6 Å². The average Bonchev–Trinajstić information content (AvgIpc) is 3.14. The number of rotatable bonds is 6. The molecule has 1 aliphatic rings. The molecule has 2 rings (SSSR count). The van der Waals surface area contributed by atoms with Gasteiger partial charge in [0.2, 0.25) is 0 Å². The van der Waals surface area contributed by atoms with Gasteiger partial charge in [-0.25, -0.2) is 0 Å². The summed E-state index contributed by atoms with van der Waals surface area (Å²) in [5, 5.41) is 9.25. The van der Waals surface area contributed by atoms with Gasteiger partial charge >= 0.3 is 5.97 Å². The minimum absolute atomic E-state index is 0.538. The number of benzene rings is 1. The third-order valence-corrected chi connectivity index (χ3v) is 3.61. The maximum absolute atomic E-state index is 11.3. The molecule has 1 aliphatic carbocycles. The van der Waals surface area contributed by atoms with Gasteiger partial charge in [-0.1, -0.05) is 12.1 Å². The molecule has 0 amide bonds. The van der Waals surface area contributed by atoms with Crippen LogP contribution < -0.4 is 5.73 Å². The Bertz CT molecular complexity index is 450. The summed E-state index contributed by atoms with van der Waals surface area (Å²) in [5.41, 5.74) is 6.91. The summed E-state index contributed by atoms with van der Waals surface area (Å²) in [5.74, 6) is -0.740. The van der Waals surface area contributed by atoms with Crippen molar-refractivity contribution in [2.75, 3.05) is 12.3 Å². The molecule has 0 aromatic heterocycles. The number of nitrogens with zero attached hydrogens (tertiary/aromatic N) is 1. The third kappa shape index (κ3) is 3.70. The Balaban J connectivity index is 2.04. The van der Waals surface area contributed by atoms with E-state index in [1.165, 1.54) is 18.4 Å². The number of aliphatic carboxylic acids is 1. The van der Waals surface area contributed by atoms with Gasteiger partial charge in [-0.3, -0.25) is 9.69 Å². The molecular formula is C15H22N2O2. The van der Waals surface area contributed by atoms with E-state index in [2.05, 4.69) is 4.90 Å². The molecule has 4 nitrogen and oxygen atoms in total. The minimum atomic E-state index is -0.740. The normalized spacial score (nSPS) is 15.7. The second-order valence-electron chi connectivity index (χ2n) is 6.07. The van der Waals surface area contributed by atoms with Gasteiger partial charge in [0.15, 0.2) is 0 Å². The van der Waals surface area contributed by atoms with Gasteiger partial charge in [-0.05, 0) is 44.4 Å². The van der Waals surface area contributed by atoms with Gasteiger partial charge in [0.1, 0.15) is 0 Å². The van der Waals surface area contributed by atoms with Gasteiger partial charge in [0.25, 0.3) is 0 Å². The van der Waals surface area contributed by atoms with Crippen molar-refractivity contribution in [1.29, 1.82) is 0 Å². The van der Waals surface area contributed by atoms with Crippen LogP contribution in [0.15, 0.2) is 24.3 Å². The van der Waals surface area contributed by atoms with Gasteiger partial charge in [0, 0.05) is 24.8 Å². The molecule has 0 bridgehead atoms. The summed E-state index contributed by atoms with van der Waals surface area (Å²) < 4.78 is 0. The predicted octanol–water partition coefficient (Wildman–Crippen LogP) is 2.34. The Hall–Kier alpha value is -1.55. The number of nitrogens with two attached hydrogens (primary N) is 1. The highest BCUT2D eigenvalue weighted by Gasteiger charge is 2.36. The highest BCUT2D eigenvalue weighted by atomic mass is 16.4. The number of carbonyl (C=O) groups is 1. The van der Waals surface area contributed by atoms with Crippen molar-refractivity contribution in [1.82, 2.24) is 4.90 Å². The van der Waals surface area contributed by atoms with E-state index in [9.17, 15) is 9.90 Å². The molecule has 0 heterocycles. The van der Waals surface area contributed by atoms with E-state index in [1.54, 1.807) is 13.8 Å². The molecule has 3 N–H and O–H groups in total. The summed E-state index contributed by atoms with van der Waals surface area (Å²) in [6, 6.07) is 8.35. The summed E-state index contributed by atoms with van der Waals surface area (Å²) in [4.78, 5) is 13.5. The van der Waals surface area contributed by atoms with Crippen LogP contribution in [-0.2, 0) is 11.3 Å². The number of carboxylic acid groups (broad SMARTS) is 1. The first-order valence-corrected chi connectivity index (χ1v) is 6.70. The molecule has 0 unspecified atom stereocenters. The van der Waals surface area contributed by atoms with Crippen LogP contribution in [0.4, 0.5) is 5.69 Å². The summed E-state index contributed by atoms with van der Waals surface area (Å²) in [7, 11) is 0. The van der Waals surface area contributed by atoms with E-state index in [4.69, 9.17) is 5.73 Å². The number of anilines is 1. The largest absolute Gasteiger partial charge is 0.481 e. The molecule has 4 heteroatoms. The number of hydrogen-bond donors (Lipinski definition) is 2. The highest BCUT2D eigenvalue weighted by Crippen LogP contribution is 2.31. The predicted molar refractivity (Wildman–Crippen MR) is 75.7 cm³/mol. The minimum Gasteiger partial charge on any atom is -0.481 e. The molecule has 1 saturated carbocycles. The van der Waals surface area contributed by atoms with E-state index in [1.807, 2.05) is 24.3 Å². The molecular weight excluding hydrogens is 240 g/mol. The van der Waals surface area contributed by atoms with E-state index in [0.717, 1.165) is 12.2 Å². The SMILES string of the molecule is CC(C)(CN(Cc1ccc(N)cc1)C1CC1)C(=O)O. The van der Waals surface area contributed by atoms with E-state index < -0.39 is 11.4 Å². The third-order valence-electron chi connectivity index (χ3n) is 3.61. The molecule has 0 saturated heterocycles. The number of nitrogen functional groups attached to an aromatic ring is 1. The van der Waals surface area contributed by atoms with Crippen LogP contribution in [0.1, 0.15) is 32.3 Å². The van der Waals surface area contributed by atoms with Crippen LogP contribution >= 0.6 is 0 Å². The van der Waals surface area contributed by atoms with Crippen molar-refractivity contribution in [2.45, 2.75) is 39.3 Å². The standard InChI is InChI=1S/C15H22N2O2/c1-15(2,14(18)19)10-17(13-7-8-13)9-11-3-5-12(16)6-4-11/h3-6,13H,7-10,16H2,1-2H3,(H,18,19). The van der Waals surface area contributed by atoms with Crippen LogP contribution in [-0.4, -0.2) is 28.6 Å². The van der Waals surface area contributed by atoms with Crippen molar-refractivity contribution in [3.05, 3.63) is 29.8 Å². The van der Waals surface area contributed by atoms with Crippen LogP contribution in [0, 0.1) is 5.41 Å². The molecule has 1 fully saturated rings. The topological polar surface area (TPSA) is 66.6 Å². The lowest BCUT2D eigenvalue weighted by molar-refractivity contribution is -0.148. The Morgan fingerprint density at radius 3 is 2.42 bits per heavy atom. The molecule has 19 heavy (non-hydrogen) atoms. The van der Waals surface area contributed by atoms with Crippen molar-refractivity contribution >= 4 is 11.7 Å². The Kier molecular flexibility index (Phi) is 3.80. The highest BCUT2D eigenvalue weighted by molar-refractivity contribution is 5.73. The Labute approximate surface area is 114 Å². The zero-order chi connectivity index (χ0) is 14.0. The Morgan fingerprint density at radius 2 is 1.95 bits per heavy atom. The van der Waals surface area contributed by atoms with Crippen LogP contribution in [0.3, 0.4) is 0 Å². The summed E-state index contributed by atoms with van der Waals surface area (Å²) in [6.07, 6.45) is 2.34. The average molecular weight is 262 g/mol. The lowest BCUT2D eigenvalue weighted by atomic mass is 9.92. The Morgan fingerprint density at radius 1 is 1.37 bits per heavy atom. The van der Waals surface area contributed by atoms with Crippen LogP contribution in [0.25, 0.3) is 0 Å². The fraction of sp³-hybridized carbons (Fsp3) is 0.533. The lowest BCUT2D eigenvalue weighted by Gasteiger charge is -2.30. The fourth-order valence-corrected chi connectivity index (χ4v) is 2.19. The monoisotopic (exact) mass is 262 g/mol. The zero-order valence-corrected chi connectivity index (χ0v) is 11.6. The second-order valence-corrected chi connectivity index (χ2v) is 6.07. The van der Waals surface area contributed by atoms with Gasteiger partial charge in [-0.2, -0.15) is 0 Å². The molecule has 104 valence electrons. The number of hydrogen-bond acceptors (Lipinski definition) is 3. The quantitative estimate of drug-likeness (QED) is 0.772. The number of carboxylic acids is 1. The zero-order valence-electron chi connectivity index (χ0n) is 11.6. The smallest absolute Gasteiger partial charge is 0.310 e. The first-order chi connectivity index (χ1) is 8.88. The molecule has 1 aromatic rings. The maximum Gasteiger partial charge on any atom is 0.310 e. The van der Waals surface area contributed by atoms with Crippen molar-refractivity contribution in [2.24, 2.45) is 5.41 Å². The van der Waals surface area contributed by atoms with E-state index >= 15 is 0 Å². The van der Waals surface area contributed by atoms with Gasteiger partial charge in [0.05, 0.1) is 5.41 Å². The molecule has 0 aliphatic heterocycles. The van der Waals surface area contributed by atoms with Crippen molar-refractivity contribution < 1.29 is 9.90 Å². The van der Waals surface area contributed by atoms with Gasteiger partial charge in [-0.15, -0.1) is 0 Å². The summed E-state index contributed by atoms with van der Waals surface area (Å²) >= 11 is 0. The maximum atomic E-state index is 11.3. The summed E-state index contributed by atoms with van der Waals surface area (Å²) in [6.45, 7) is 4.94. The second kappa shape index (κ2) is 5.21. The van der Waals surface area contributed by atoms with Crippen molar-refractivity contribution in [3.63, 3.8) is 0 Å². The van der Waals surface area contributed by atoms with Gasteiger partial charge < -0.3 is 10.8 Å².